The lowest BCUT2D eigenvalue weighted by Gasteiger charge is -2.31. The lowest BCUT2D eigenvalue weighted by atomic mass is 10.1. The number of para-hydroxylation sites is 2. The molecule has 0 aliphatic heterocycles. The summed E-state index contributed by atoms with van der Waals surface area (Å²) in [6.07, 6.45) is 2.22. The van der Waals surface area contributed by atoms with Gasteiger partial charge in [-0.25, -0.2) is 9.97 Å². The number of aryl methyl sites for hydroxylation is 1. The number of aromatic amines is 1. The van der Waals surface area contributed by atoms with E-state index in [1.165, 1.54) is 0 Å². The van der Waals surface area contributed by atoms with E-state index in [1.807, 2.05) is 60.4 Å². The fourth-order valence-electron chi connectivity index (χ4n) is 4.31. The van der Waals surface area contributed by atoms with Crippen molar-refractivity contribution in [2.75, 3.05) is 19.5 Å². The summed E-state index contributed by atoms with van der Waals surface area (Å²) in [5.74, 6) is 1.70. The molecule has 2 aromatic carbocycles. The summed E-state index contributed by atoms with van der Waals surface area (Å²) in [7, 11) is 1.69. The number of fused-ring (bicyclic) bond motifs is 2. The van der Waals surface area contributed by atoms with E-state index < -0.39 is 0 Å². The lowest BCUT2D eigenvalue weighted by Crippen LogP contribution is -2.44. The molecule has 1 fully saturated rings. The fraction of sp³-hybridized carbons (Fsp3) is 0.320. The molecule has 4 aromatic rings. The zero-order chi connectivity index (χ0) is 22.2. The van der Waals surface area contributed by atoms with Crippen LogP contribution in [0.5, 0.6) is 0 Å². The van der Waals surface area contributed by atoms with Gasteiger partial charge in [0, 0.05) is 18.1 Å². The predicted octanol–water partition coefficient (Wildman–Crippen LogP) is 4.07. The largest absolute Gasteiger partial charge is 0.383 e. The molecule has 7 nitrogen and oxygen atoms in total. The van der Waals surface area contributed by atoms with Crippen LogP contribution in [0.3, 0.4) is 0 Å². The Morgan fingerprint density at radius 3 is 2.75 bits per heavy atom. The Bertz CT molecular complexity index is 1260. The quantitative estimate of drug-likeness (QED) is 0.462. The number of methoxy groups -OCH3 is 1. The number of nitrogens with zero attached hydrogens (tertiary/aromatic N) is 3. The van der Waals surface area contributed by atoms with E-state index in [0.29, 0.717) is 30.5 Å². The number of H-pyrrole nitrogens is 1. The first-order valence-electron chi connectivity index (χ1n) is 10.9. The van der Waals surface area contributed by atoms with Crippen molar-refractivity contribution in [2.24, 2.45) is 5.92 Å². The maximum Gasteiger partial charge on any atom is 0.254 e. The standard InChI is InChI=1S/C25H27N5O2/c1-15-11-18-12-17(9-10-19(18)29-24(15)26)25(31)30(22(14-32-2)16-7-8-16)13-23-27-20-5-3-4-6-21(20)28-23/h3-6,9-12,16,22H,7-8,13-14H2,1-2H3,(H2,26,29)(H,27,28). The molecule has 164 valence electrons. The number of aromatic nitrogens is 3. The van der Waals surface area contributed by atoms with Crippen LogP contribution in [0.4, 0.5) is 5.82 Å². The minimum atomic E-state index is -0.0317. The van der Waals surface area contributed by atoms with Gasteiger partial charge in [0.15, 0.2) is 0 Å². The molecule has 0 bridgehead atoms. The third kappa shape index (κ3) is 3.91. The first-order valence-corrected chi connectivity index (χ1v) is 10.9. The average Bonchev–Trinajstić information content (AvgIpc) is 3.55. The van der Waals surface area contributed by atoms with Crippen molar-refractivity contribution in [1.29, 1.82) is 0 Å². The molecule has 2 aromatic heterocycles. The number of carbonyl (C=O) groups is 1. The summed E-state index contributed by atoms with van der Waals surface area (Å²) in [6, 6.07) is 15.5. The third-order valence-electron chi connectivity index (χ3n) is 6.21. The minimum absolute atomic E-state index is 0.00249. The first-order chi connectivity index (χ1) is 15.5. The van der Waals surface area contributed by atoms with E-state index in [1.54, 1.807) is 7.11 Å². The molecule has 1 unspecified atom stereocenters. The van der Waals surface area contributed by atoms with Gasteiger partial charge in [0.2, 0.25) is 0 Å². The van der Waals surface area contributed by atoms with Gasteiger partial charge >= 0.3 is 0 Å². The van der Waals surface area contributed by atoms with Crippen LogP contribution in [0.25, 0.3) is 21.9 Å². The number of nitrogens with one attached hydrogen (secondary N) is 1. The monoisotopic (exact) mass is 429 g/mol. The number of hydrogen-bond donors (Lipinski definition) is 2. The van der Waals surface area contributed by atoms with Gasteiger partial charge in [-0.2, -0.15) is 0 Å². The first kappa shape index (κ1) is 20.5. The number of rotatable bonds is 7. The summed E-state index contributed by atoms with van der Waals surface area (Å²) < 4.78 is 5.52. The Morgan fingerprint density at radius 2 is 2.00 bits per heavy atom. The molecule has 1 aliphatic rings. The molecule has 1 aliphatic carbocycles. The van der Waals surface area contributed by atoms with Gasteiger partial charge < -0.3 is 20.4 Å². The molecule has 0 saturated heterocycles. The van der Waals surface area contributed by atoms with E-state index in [4.69, 9.17) is 15.5 Å². The van der Waals surface area contributed by atoms with E-state index >= 15 is 0 Å². The summed E-state index contributed by atoms with van der Waals surface area (Å²) in [5.41, 5.74) is 10.1. The molecule has 32 heavy (non-hydrogen) atoms. The van der Waals surface area contributed by atoms with Crippen molar-refractivity contribution in [2.45, 2.75) is 32.4 Å². The van der Waals surface area contributed by atoms with Gasteiger partial charge in [-0.15, -0.1) is 0 Å². The predicted molar refractivity (Wildman–Crippen MR) is 125 cm³/mol. The number of amides is 1. The Kier molecular flexibility index (Phi) is 5.27. The Morgan fingerprint density at radius 1 is 1.19 bits per heavy atom. The minimum Gasteiger partial charge on any atom is -0.383 e. The van der Waals surface area contributed by atoms with Crippen LogP contribution in [0.2, 0.25) is 0 Å². The highest BCUT2D eigenvalue weighted by Crippen LogP contribution is 2.37. The van der Waals surface area contributed by atoms with Crippen LogP contribution < -0.4 is 5.73 Å². The van der Waals surface area contributed by atoms with Crippen molar-refractivity contribution in [3.8, 4) is 0 Å². The van der Waals surface area contributed by atoms with E-state index in [2.05, 4.69) is 9.97 Å². The molecule has 7 heteroatoms. The van der Waals surface area contributed by atoms with Crippen LogP contribution in [0.1, 0.15) is 34.6 Å². The molecule has 1 saturated carbocycles. The fourth-order valence-corrected chi connectivity index (χ4v) is 4.31. The highest BCUT2D eigenvalue weighted by atomic mass is 16.5. The molecule has 2 heterocycles. The smallest absolute Gasteiger partial charge is 0.254 e. The second-order valence-electron chi connectivity index (χ2n) is 8.59. The highest BCUT2D eigenvalue weighted by Gasteiger charge is 2.38. The number of anilines is 1. The van der Waals surface area contributed by atoms with Crippen LogP contribution in [0, 0.1) is 12.8 Å². The number of hydrogen-bond acceptors (Lipinski definition) is 5. The number of nitrogens with two attached hydrogens (primary N) is 1. The van der Waals surface area contributed by atoms with E-state index in [9.17, 15) is 4.79 Å². The summed E-state index contributed by atoms with van der Waals surface area (Å²) >= 11 is 0. The summed E-state index contributed by atoms with van der Waals surface area (Å²) in [5, 5.41) is 0.904. The Balaban J connectivity index is 1.52. The second kappa shape index (κ2) is 8.24. The number of benzene rings is 2. The molecule has 0 spiro atoms. The highest BCUT2D eigenvalue weighted by molar-refractivity contribution is 5.98. The Hall–Kier alpha value is -3.45. The van der Waals surface area contributed by atoms with Crippen molar-refractivity contribution in [1.82, 2.24) is 19.9 Å². The van der Waals surface area contributed by atoms with Crippen LogP contribution >= 0.6 is 0 Å². The molecule has 1 atom stereocenters. The molecule has 3 N–H and O–H groups in total. The third-order valence-corrected chi connectivity index (χ3v) is 6.21. The normalized spacial score (nSPS) is 14.7. The topological polar surface area (TPSA) is 97.1 Å². The molecular weight excluding hydrogens is 402 g/mol. The van der Waals surface area contributed by atoms with E-state index in [-0.39, 0.29) is 11.9 Å². The maximum atomic E-state index is 13.8. The van der Waals surface area contributed by atoms with Gasteiger partial charge in [-0.1, -0.05) is 12.1 Å². The van der Waals surface area contributed by atoms with Crippen molar-refractivity contribution in [3.63, 3.8) is 0 Å². The average molecular weight is 430 g/mol. The van der Waals surface area contributed by atoms with Crippen molar-refractivity contribution in [3.05, 3.63) is 65.5 Å². The van der Waals surface area contributed by atoms with Gasteiger partial charge in [-0.05, 0) is 67.6 Å². The van der Waals surface area contributed by atoms with Gasteiger partial charge in [-0.3, -0.25) is 4.79 Å². The Labute approximate surface area is 186 Å². The zero-order valence-corrected chi connectivity index (χ0v) is 18.3. The van der Waals surface area contributed by atoms with E-state index in [0.717, 1.165) is 46.2 Å². The number of carbonyl (C=O) groups excluding carboxylic acids is 1. The summed E-state index contributed by atoms with van der Waals surface area (Å²) in [4.78, 5) is 28.2. The summed E-state index contributed by atoms with van der Waals surface area (Å²) in [6.45, 7) is 2.82. The van der Waals surface area contributed by atoms with Crippen molar-refractivity contribution < 1.29 is 9.53 Å². The van der Waals surface area contributed by atoms with Gasteiger partial charge in [0.1, 0.15) is 11.6 Å². The zero-order valence-electron chi connectivity index (χ0n) is 18.3. The number of pyridine rings is 1. The van der Waals surface area contributed by atoms with Crippen LogP contribution in [-0.2, 0) is 11.3 Å². The van der Waals surface area contributed by atoms with Crippen LogP contribution in [0.15, 0.2) is 48.5 Å². The number of ether oxygens (including phenoxy) is 1. The molecule has 1 amide bonds. The lowest BCUT2D eigenvalue weighted by molar-refractivity contribution is 0.0451. The second-order valence-corrected chi connectivity index (χ2v) is 8.59. The maximum absolute atomic E-state index is 13.8. The number of imidazole rings is 1. The van der Waals surface area contributed by atoms with Crippen LogP contribution in [-0.4, -0.2) is 45.5 Å². The van der Waals surface area contributed by atoms with Gasteiger partial charge in [0.05, 0.1) is 35.7 Å². The molecule has 0 radical (unpaired) electrons. The molecule has 5 rings (SSSR count). The molecular formula is C25H27N5O2. The van der Waals surface area contributed by atoms with Gasteiger partial charge in [0.25, 0.3) is 5.91 Å². The van der Waals surface area contributed by atoms with Crippen molar-refractivity contribution >= 4 is 33.7 Å². The number of nitrogen functional groups attached to an aromatic ring is 1. The SMILES string of the molecule is COCC(C1CC1)N(Cc1nc2ccccc2[nH]1)C(=O)c1ccc2nc(N)c(C)cc2c1.